The molecule has 1 aliphatic carbocycles. The quantitative estimate of drug-likeness (QED) is 0.494. The van der Waals surface area contributed by atoms with E-state index in [0.29, 0.717) is 28.9 Å². The molecule has 0 radical (unpaired) electrons. The van der Waals surface area contributed by atoms with Crippen molar-refractivity contribution in [3.05, 3.63) is 66.4 Å². The predicted molar refractivity (Wildman–Crippen MR) is 137 cm³/mol. The highest BCUT2D eigenvalue weighted by Gasteiger charge is 2.29. The lowest BCUT2D eigenvalue weighted by atomic mass is 9.94. The number of nitrogens with zero attached hydrogens (tertiary/aromatic N) is 5. The molecule has 1 saturated carbocycles. The summed E-state index contributed by atoms with van der Waals surface area (Å²) in [6.45, 7) is 3.51. The minimum atomic E-state index is -0.0206. The monoisotopic (exact) mass is 487 g/mol. The van der Waals surface area contributed by atoms with E-state index in [1.165, 1.54) is 32.1 Å². The minimum Gasteiger partial charge on any atom is -0.497 e. The fourth-order valence-electron chi connectivity index (χ4n) is 5.10. The van der Waals surface area contributed by atoms with E-state index in [1.54, 1.807) is 25.7 Å². The number of pyridine rings is 1. The average molecular weight is 488 g/mol. The third kappa shape index (κ3) is 5.65. The second-order valence-electron chi connectivity index (χ2n) is 9.37. The molecule has 3 aromatic rings. The van der Waals surface area contributed by atoms with Crippen LogP contribution < -0.4 is 9.47 Å². The second kappa shape index (κ2) is 11.5. The van der Waals surface area contributed by atoms with Crippen LogP contribution in [0.25, 0.3) is 11.3 Å². The molecule has 5 rings (SSSR count). The maximum absolute atomic E-state index is 13.6. The lowest BCUT2D eigenvalue weighted by molar-refractivity contribution is 0.0523. The first-order valence-electron chi connectivity index (χ1n) is 12.8. The molecule has 0 N–H and O–H groups in total. The molecule has 3 heterocycles. The van der Waals surface area contributed by atoms with Gasteiger partial charge in [0, 0.05) is 56.4 Å². The van der Waals surface area contributed by atoms with Gasteiger partial charge >= 0.3 is 0 Å². The first kappa shape index (κ1) is 24.2. The number of hydrogen-bond donors (Lipinski definition) is 0. The molecule has 1 aliphatic heterocycles. The van der Waals surface area contributed by atoms with Gasteiger partial charge < -0.3 is 14.4 Å². The molecular weight excluding hydrogens is 454 g/mol. The predicted octanol–water partition coefficient (Wildman–Crippen LogP) is 4.22. The van der Waals surface area contributed by atoms with Crippen molar-refractivity contribution in [1.82, 2.24) is 24.8 Å². The Balaban J connectivity index is 1.31. The van der Waals surface area contributed by atoms with Crippen LogP contribution in [0, 0.1) is 0 Å². The van der Waals surface area contributed by atoms with Crippen LogP contribution in [-0.4, -0.2) is 70.0 Å². The summed E-state index contributed by atoms with van der Waals surface area (Å²) < 4.78 is 11.1. The first-order valence-corrected chi connectivity index (χ1v) is 12.8. The zero-order valence-corrected chi connectivity index (χ0v) is 20.8. The van der Waals surface area contributed by atoms with E-state index in [1.807, 2.05) is 41.3 Å². The van der Waals surface area contributed by atoms with Crippen LogP contribution in [0.3, 0.4) is 0 Å². The zero-order valence-electron chi connectivity index (χ0n) is 20.8. The van der Waals surface area contributed by atoms with Gasteiger partial charge in [-0.25, -0.2) is 9.97 Å². The number of hydrogen-bond acceptors (Lipinski definition) is 7. The molecule has 2 aliphatic rings. The normalized spacial score (nSPS) is 17.1. The Hall–Kier alpha value is -3.52. The molecule has 36 heavy (non-hydrogen) atoms. The molecule has 8 heteroatoms. The molecule has 0 bridgehead atoms. The van der Waals surface area contributed by atoms with Crippen molar-refractivity contribution in [2.45, 2.75) is 44.8 Å². The van der Waals surface area contributed by atoms with Gasteiger partial charge in [0.25, 0.3) is 5.91 Å². The van der Waals surface area contributed by atoms with E-state index in [0.717, 1.165) is 37.5 Å². The van der Waals surface area contributed by atoms with Gasteiger partial charge in [-0.2, -0.15) is 0 Å². The summed E-state index contributed by atoms with van der Waals surface area (Å²) in [5, 5.41) is 0. The standard InChI is InChI=1S/C28H33N5O3/c1-35-23-7-9-24(10-8-23)36-20-26-30-19-25(27(31-26)21-11-13-29-14-12-21)28(34)33-17-15-32(16-18-33)22-5-3-2-4-6-22/h7-14,19,22H,2-6,15-18,20H2,1H3. The number of aromatic nitrogens is 3. The maximum Gasteiger partial charge on any atom is 0.257 e. The minimum absolute atomic E-state index is 0.0206. The van der Waals surface area contributed by atoms with Crippen LogP contribution in [-0.2, 0) is 6.61 Å². The smallest absolute Gasteiger partial charge is 0.257 e. The summed E-state index contributed by atoms with van der Waals surface area (Å²) in [7, 11) is 1.63. The number of rotatable bonds is 7. The average Bonchev–Trinajstić information content (AvgIpc) is 2.97. The van der Waals surface area contributed by atoms with Gasteiger partial charge in [-0.3, -0.25) is 14.7 Å². The van der Waals surface area contributed by atoms with Crippen molar-refractivity contribution in [2.75, 3.05) is 33.3 Å². The highest BCUT2D eigenvalue weighted by atomic mass is 16.5. The molecule has 1 aromatic carbocycles. The number of amides is 1. The van der Waals surface area contributed by atoms with Crippen molar-refractivity contribution in [3.63, 3.8) is 0 Å². The Kier molecular flexibility index (Phi) is 7.71. The van der Waals surface area contributed by atoms with Gasteiger partial charge in [0.1, 0.15) is 18.1 Å². The molecule has 0 spiro atoms. The molecule has 188 valence electrons. The fourth-order valence-corrected chi connectivity index (χ4v) is 5.10. The molecule has 1 amide bonds. The third-order valence-electron chi connectivity index (χ3n) is 7.14. The van der Waals surface area contributed by atoms with Crippen LogP contribution in [0.5, 0.6) is 11.5 Å². The van der Waals surface area contributed by atoms with Crippen molar-refractivity contribution < 1.29 is 14.3 Å². The first-order chi connectivity index (χ1) is 17.7. The lowest BCUT2D eigenvalue weighted by Gasteiger charge is -2.40. The van der Waals surface area contributed by atoms with Crippen LogP contribution in [0.4, 0.5) is 0 Å². The zero-order chi connectivity index (χ0) is 24.7. The fraction of sp³-hybridized carbons (Fsp3) is 0.429. The molecular formula is C28H33N5O3. The van der Waals surface area contributed by atoms with E-state index >= 15 is 0 Å². The summed E-state index contributed by atoms with van der Waals surface area (Å²) >= 11 is 0. The van der Waals surface area contributed by atoms with Crippen molar-refractivity contribution in [2.24, 2.45) is 0 Å². The van der Waals surface area contributed by atoms with E-state index < -0.39 is 0 Å². The van der Waals surface area contributed by atoms with Gasteiger partial charge in [-0.05, 0) is 49.2 Å². The van der Waals surface area contributed by atoms with E-state index in [9.17, 15) is 4.79 Å². The van der Waals surface area contributed by atoms with E-state index in [-0.39, 0.29) is 12.5 Å². The molecule has 8 nitrogen and oxygen atoms in total. The summed E-state index contributed by atoms with van der Waals surface area (Å²) in [5.41, 5.74) is 1.96. The summed E-state index contributed by atoms with van der Waals surface area (Å²) in [6, 6.07) is 11.8. The Bertz CT molecular complexity index is 1140. The van der Waals surface area contributed by atoms with Crippen LogP contribution in [0.2, 0.25) is 0 Å². The SMILES string of the molecule is COc1ccc(OCc2ncc(C(=O)N3CCN(C4CCCCC4)CC3)c(-c3ccncc3)n2)cc1. The Morgan fingerprint density at radius 2 is 1.64 bits per heavy atom. The number of ether oxygens (including phenoxy) is 2. The summed E-state index contributed by atoms with van der Waals surface area (Å²) in [4.78, 5) is 31.5. The van der Waals surface area contributed by atoms with Crippen molar-refractivity contribution in [1.29, 1.82) is 0 Å². The number of methoxy groups -OCH3 is 1. The van der Waals surface area contributed by atoms with Gasteiger partial charge in [-0.15, -0.1) is 0 Å². The van der Waals surface area contributed by atoms with Gasteiger partial charge in [-0.1, -0.05) is 19.3 Å². The Labute approximate surface area is 212 Å². The molecule has 1 saturated heterocycles. The molecule has 0 atom stereocenters. The van der Waals surface area contributed by atoms with Gasteiger partial charge in [0.2, 0.25) is 0 Å². The lowest BCUT2D eigenvalue weighted by Crippen LogP contribution is -2.52. The van der Waals surface area contributed by atoms with Crippen molar-refractivity contribution >= 4 is 5.91 Å². The molecule has 0 unspecified atom stereocenters. The molecule has 2 aromatic heterocycles. The third-order valence-corrected chi connectivity index (χ3v) is 7.14. The number of carbonyl (C=O) groups is 1. The van der Waals surface area contributed by atoms with Crippen LogP contribution >= 0.6 is 0 Å². The summed E-state index contributed by atoms with van der Waals surface area (Å²) in [6.07, 6.45) is 11.6. The van der Waals surface area contributed by atoms with Crippen LogP contribution in [0.1, 0.15) is 48.3 Å². The summed E-state index contributed by atoms with van der Waals surface area (Å²) in [5.74, 6) is 1.95. The largest absolute Gasteiger partial charge is 0.497 e. The highest BCUT2D eigenvalue weighted by molar-refractivity contribution is 5.99. The van der Waals surface area contributed by atoms with Gasteiger partial charge in [0.05, 0.1) is 18.4 Å². The van der Waals surface area contributed by atoms with Crippen LogP contribution in [0.15, 0.2) is 55.0 Å². The van der Waals surface area contributed by atoms with E-state index in [4.69, 9.17) is 14.5 Å². The number of carbonyl (C=O) groups excluding carboxylic acids is 1. The Morgan fingerprint density at radius 1 is 0.944 bits per heavy atom. The number of benzene rings is 1. The second-order valence-corrected chi connectivity index (χ2v) is 9.37. The Morgan fingerprint density at radius 3 is 2.33 bits per heavy atom. The number of piperazine rings is 1. The molecule has 2 fully saturated rings. The van der Waals surface area contributed by atoms with E-state index in [2.05, 4.69) is 14.9 Å². The van der Waals surface area contributed by atoms with Crippen molar-refractivity contribution in [3.8, 4) is 22.8 Å². The van der Waals surface area contributed by atoms with Gasteiger partial charge in [0.15, 0.2) is 5.82 Å². The highest BCUT2D eigenvalue weighted by Crippen LogP contribution is 2.26. The topological polar surface area (TPSA) is 80.7 Å². The maximum atomic E-state index is 13.6.